The zero-order valence-electron chi connectivity index (χ0n) is 13.1. The van der Waals surface area contributed by atoms with Gasteiger partial charge in [0.25, 0.3) is 0 Å². The summed E-state index contributed by atoms with van der Waals surface area (Å²) in [5.74, 6) is 1.45. The quantitative estimate of drug-likeness (QED) is 0.806. The summed E-state index contributed by atoms with van der Waals surface area (Å²) in [6.45, 7) is 9.39. The van der Waals surface area contributed by atoms with Crippen molar-refractivity contribution in [2.24, 2.45) is 17.8 Å². The molecule has 0 amide bonds. The maximum atomic E-state index is 12.6. The van der Waals surface area contributed by atoms with Crippen LogP contribution in [0.25, 0.3) is 0 Å². The lowest BCUT2D eigenvalue weighted by Crippen LogP contribution is -2.50. The molecule has 2 nitrogen and oxygen atoms in total. The lowest BCUT2D eigenvalue weighted by Gasteiger charge is -2.42. The highest BCUT2D eigenvalue weighted by Crippen LogP contribution is 2.34. The third-order valence-electron chi connectivity index (χ3n) is 4.46. The van der Waals surface area contributed by atoms with Crippen LogP contribution in [0, 0.1) is 17.8 Å². The zero-order valence-corrected chi connectivity index (χ0v) is 13.1. The molecule has 0 spiro atoms. The lowest BCUT2D eigenvalue weighted by atomic mass is 9.72. The molecule has 1 aliphatic rings. The number of alkyl halides is 3. The molecule has 120 valence electrons. The van der Waals surface area contributed by atoms with Gasteiger partial charge in [0.05, 0.1) is 6.54 Å². The SMILES string of the molecule is CCNC1CC(C)CC(C)C1CN(CC)CC(F)(F)F. The molecule has 1 fully saturated rings. The highest BCUT2D eigenvalue weighted by molar-refractivity contribution is 4.89. The Balaban J connectivity index is 2.68. The second kappa shape index (κ2) is 7.64. The lowest BCUT2D eigenvalue weighted by molar-refractivity contribution is -0.148. The Morgan fingerprint density at radius 1 is 1.15 bits per heavy atom. The molecule has 4 unspecified atom stereocenters. The van der Waals surface area contributed by atoms with Crippen molar-refractivity contribution in [3.8, 4) is 0 Å². The fourth-order valence-electron chi connectivity index (χ4n) is 3.57. The first-order chi connectivity index (χ1) is 9.26. The Morgan fingerprint density at radius 3 is 2.30 bits per heavy atom. The van der Waals surface area contributed by atoms with Crippen LogP contribution in [0.5, 0.6) is 0 Å². The standard InChI is InChI=1S/C15H29F3N2/c1-5-19-14-8-11(3)7-12(4)13(14)9-20(6-2)10-15(16,17)18/h11-14,19H,5-10H2,1-4H3. The summed E-state index contributed by atoms with van der Waals surface area (Å²) in [7, 11) is 0. The molecule has 0 radical (unpaired) electrons. The summed E-state index contributed by atoms with van der Waals surface area (Å²) in [6, 6.07) is 0.348. The van der Waals surface area contributed by atoms with Crippen LogP contribution in [0.2, 0.25) is 0 Å². The maximum absolute atomic E-state index is 12.6. The van der Waals surface area contributed by atoms with Gasteiger partial charge < -0.3 is 5.32 Å². The van der Waals surface area contributed by atoms with Crippen molar-refractivity contribution >= 4 is 0 Å². The third kappa shape index (κ3) is 5.60. The number of nitrogens with one attached hydrogen (secondary N) is 1. The topological polar surface area (TPSA) is 15.3 Å². The second-order valence-corrected chi connectivity index (χ2v) is 6.32. The number of rotatable bonds is 6. The van der Waals surface area contributed by atoms with Crippen molar-refractivity contribution in [2.75, 3.05) is 26.2 Å². The number of hydrogen-bond acceptors (Lipinski definition) is 2. The monoisotopic (exact) mass is 294 g/mol. The summed E-state index contributed by atoms with van der Waals surface area (Å²) in [5.41, 5.74) is 0. The van der Waals surface area contributed by atoms with E-state index in [0.717, 1.165) is 19.4 Å². The Bertz CT molecular complexity index is 281. The Kier molecular flexibility index (Phi) is 6.79. The number of hydrogen-bond donors (Lipinski definition) is 1. The predicted molar refractivity (Wildman–Crippen MR) is 76.7 cm³/mol. The van der Waals surface area contributed by atoms with Crippen molar-refractivity contribution in [2.45, 2.75) is 52.8 Å². The van der Waals surface area contributed by atoms with E-state index in [9.17, 15) is 13.2 Å². The molecule has 0 aliphatic heterocycles. The molecule has 1 N–H and O–H groups in total. The minimum Gasteiger partial charge on any atom is -0.314 e. The molecule has 4 atom stereocenters. The molecule has 20 heavy (non-hydrogen) atoms. The van der Waals surface area contributed by atoms with Gasteiger partial charge in [-0.15, -0.1) is 0 Å². The molecule has 0 aromatic heterocycles. The van der Waals surface area contributed by atoms with E-state index in [1.807, 2.05) is 6.92 Å². The molecule has 1 rings (SSSR count). The van der Waals surface area contributed by atoms with E-state index in [1.54, 1.807) is 4.90 Å². The van der Waals surface area contributed by atoms with Crippen molar-refractivity contribution in [3.05, 3.63) is 0 Å². The summed E-state index contributed by atoms with van der Waals surface area (Å²) < 4.78 is 37.8. The molecule has 0 bridgehead atoms. The van der Waals surface area contributed by atoms with Crippen molar-refractivity contribution < 1.29 is 13.2 Å². The Hall–Kier alpha value is -0.290. The minimum atomic E-state index is -4.10. The van der Waals surface area contributed by atoms with Crippen LogP contribution in [0.3, 0.4) is 0 Å². The zero-order chi connectivity index (χ0) is 15.3. The van der Waals surface area contributed by atoms with Crippen molar-refractivity contribution in [1.82, 2.24) is 10.2 Å². The van der Waals surface area contributed by atoms with Gasteiger partial charge >= 0.3 is 6.18 Å². The average molecular weight is 294 g/mol. The Morgan fingerprint density at radius 2 is 1.80 bits per heavy atom. The fourth-order valence-corrected chi connectivity index (χ4v) is 3.57. The van der Waals surface area contributed by atoms with Crippen molar-refractivity contribution in [1.29, 1.82) is 0 Å². The number of halogens is 3. The van der Waals surface area contributed by atoms with Crippen LogP contribution in [0.15, 0.2) is 0 Å². The van der Waals surface area contributed by atoms with Crippen LogP contribution in [0.1, 0.15) is 40.5 Å². The molecule has 0 aromatic carbocycles. The molecular weight excluding hydrogens is 265 g/mol. The van der Waals surface area contributed by atoms with Gasteiger partial charge in [-0.2, -0.15) is 13.2 Å². The highest BCUT2D eigenvalue weighted by atomic mass is 19.4. The molecule has 1 saturated carbocycles. The molecule has 5 heteroatoms. The van der Waals surface area contributed by atoms with E-state index in [0.29, 0.717) is 36.9 Å². The highest BCUT2D eigenvalue weighted by Gasteiger charge is 2.37. The van der Waals surface area contributed by atoms with Crippen LogP contribution in [-0.2, 0) is 0 Å². The normalized spacial score (nSPS) is 31.8. The summed E-state index contributed by atoms with van der Waals surface area (Å²) >= 11 is 0. The van der Waals surface area contributed by atoms with E-state index in [4.69, 9.17) is 0 Å². The van der Waals surface area contributed by atoms with E-state index < -0.39 is 12.7 Å². The largest absolute Gasteiger partial charge is 0.401 e. The number of nitrogens with zero attached hydrogens (tertiary/aromatic N) is 1. The van der Waals surface area contributed by atoms with Crippen LogP contribution >= 0.6 is 0 Å². The smallest absolute Gasteiger partial charge is 0.314 e. The van der Waals surface area contributed by atoms with Gasteiger partial charge in [0.2, 0.25) is 0 Å². The van der Waals surface area contributed by atoms with E-state index >= 15 is 0 Å². The maximum Gasteiger partial charge on any atom is 0.401 e. The predicted octanol–water partition coefficient (Wildman–Crippen LogP) is 3.53. The van der Waals surface area contributed by atoms with E-state index in [2.05, 4.69) is 26.1 Å². The minimum absolute atomic E-state index is 0.313. The van der Waals surface area contributed by atoms with Crippen LogP contribution in [0.4, 0.5) is 13.2 Å². The second-order valence-electron chi connectivity index (χ2n) is 6.32. The molecular formula is C15H29F3N2. The van der Waals surface area contributed by atoms with Crippen LogP contribution in [-0.4, -0.2) is 43.3 Å². The van der Waals surface area contributed by atoms with Gasteiger partial charge in [-0.25, -0.2) is 0 Å². The summed E-state index contributed by atoms with van der Waals surface area (Å²) in [4.78, 5) is 1.54. The molecule has 1 aliphatic carbocycles. The van der Waals surface area contributed by atoms with Crippen molar-refractivity contribution in [3.63, 3.8) is 0 Å². The first-order valence-corrected chi connectivity index (χ1v) is 7.79. The fraction of sp³-hybridized carbons (Fsp3) is 1.00. The summed E-state index contributed by atoms with van der Waals surface area (Å²) in [6.07, 6.45) is -1.91. The molecule has 0 aromatic rings. The third-order valence-corrected chi connectivity index (χ3v) is 4.46. The molecule has 0 heterocycles. The first kappa shape index (κ1) is 17.8. The average Bonchev–Trinajstić information content (AvgIpc) is 2.30. The van der Waals surface area contributed by atoms with Gasteiger partial charge in [-0.1, -0.05) is 27.7 Å². The van der Waals surface area contributed by atoms with E-state index in [1.165, 1.54) is 0 Å². The summed E-state index contributed by atoms with van der Waals surface area (Å²) in [5, 5.41) is 3.48. The van der Waals surface area contributed by atoms with Gasteiger partial charge in [0.1, 0.15) is 0 Å². The first-order valence-electron chi connectivity index (χ1n) is 7.79. The van der Waals surface area contributed by atoms with E-state index in [-0.39, 0.29) is 0 Å². The van der Waals surface area contributed by atoms with Gasteiger partial charge in [-0.05, 0) is 43.7 Å². The molecule has 0 saturated heterocycles. The van der Waals surface area contributed by atoms with Gasteiger partial charge in [0.15, 0.2) is 0 Å². The van der Waals surface area contributed by atoms with Crippen LogP contribution < -0.4 is 5.32 Å². The van der Waals surface area contributed by atoms with Gasteiger partial charge in [-0.3, -0.25) is 4.90 Å². The Labute approximate surface area is 121 Å². The van der Waals surface area contributed by atoms with Gasteiger partial charge in [0, 0.05) is 12.6 Å².